The quantitative estimate of drug-likeness (QED) is 0.624. The summed E-state index contributed by atoms with van der Waals surface area (Å²) in [6.07, 6.45) is 0.687. The SMILES string of the molecule is CCCNS(=O)(=O)c1ccc([N+](=O)[O-])cc1. The fourth-order valence-electron chi connectivity index (χ4n) is 1.07. The molecule has 0 heterocycles. The second kappa shape index (κ2) is 5.04. The first kappa shape index (κ1) is 12.6. The summed E-state index contributed by atoms with van der Waals surface area (Å²) in [4.78, 5) is 9.83. The summed E-state index contributed by atoms with van der Waals surface area (Å²) in [5, 5.41) is 10.4. The van der Waals surface area contributed by atoms with Gasteiger partial charge in [0.1, 0.15) is 0 Å². The molecular weight excluding hydrogens is 232 g/mol. The molecule has 7 heteroatoms. The molecule has 0 aliphatic carbocycles. The summed E-state index contributed by atoms with van der Waals surface area (Å²) in [5.74, 6) is 0. The van der Waals surface area contributed by atoms with Crippen molar-refractivity contribution in [2.45, 2.75) is 18.2 Å². The zero-order chi connectivity index (χ0) is 12.2. The van der Waals surface area contributed by atoms with E-state index in [2.05, 4.69) is 4.72 Å². The molecule has 0 aliphatic rings. The van der Waals surface area contributed by atoms with Crippen LogP contribution >= 0.6 is 0 Å². The van der Waals surface area contributed by atoms with Gasteiger partial charge in [-0.2, -0.15) is 0 Å². The molecule has 0 saturated heterocycles. The molecule has 0 amide bonds. The summed E-state index contributed by atoms with van der Waals surface area (Å²) < 4.78 is 25.6. The van der Waals surface area contributed by atoms with Crippen molar-refractivity contribution in [3.8, 4) is 0 Å². The Morgan fingerprint density at radius 3 is 2.31 bits per heavy atom. The van der Waals surface area contributed by atoms with Crippen LogP contribution in [0, 0.1) is 10.1 Å². The van der Waals surface area contributed by atoms with E-state index in [1.54, 1.807) is 0 Å². The monoisotopic (exact) mass is 244 g/mol. The lowest BCUT2D eigenvalue weighted by molar-refractivity contribution is -0.384. The number of non-ortho nitro benzene ring substituents is 1. The van der Waals surface area contributed by atoms with Crippen molar-refractivity contribution in [1.29, 1.82) is 0 Å². The van der Waals surface area contributed by atoms with Gasteiger partial charge >= 0.3 is 0 Å². The molecule has 1 aromatic carbocycles. The number of nitro groups is 1. The van der Waals surface area contributed by atoms with E-state index in [0.717, 1.165) is 0 Å². The summed E-state index contributed by atoms with van der Waals surface area (Å²) >= 11 is 0. The van der Waals surface area contributed by atoms with Crippen LogP contribution in [0.2, 0.25) is 0 Å². The molecule has 6 nitrogen and oxygen atoms in total. The maximum atomic E-state index is 11.6. The topological polar surface area (TPSA) is 89.3 Å². The van der Waals surface area contributed by atoms with Gasteiger partial charge in [-0.1, -0.05) is 6.92 Å². The predicted octanol–water partition coefficient (Wildman–Crippen LogP) is 1.28. The first-order chi connectivity index (χ1) is 7.47. The molecular formula is C9H12N2O4S. The van der Waals surface area contributed by atoms with E-state index in [0.29, 0.717) is 13.0 Å². The molecule has 0 unspecified atom stereocenters. The zero-order valence-corrected chi connectivity index (χ0v) is 9.53. The van der Waals surface area contributed by atoms with Gasteiger partial charge in [0, 0.05) is 18.7 Å². The lowest BCUT2D eigenvalue weighted by Crippen LogP contribution is -2.24. The highest BCUT2D eigenvalue weighted by Gasteiger charge is 2.14. The van der Waals surface area contributed by atoms with E-state index in [1.807, 2.05) is 6.92 Å². The largest absolute Gasteiger partial charge is 0.269 e. The number of rotatable bonds is 5. The Hall–Kier alpha value is -1.47. The van der Waals surface area contributed by atoms with Gasteiger partial charge in [0.15, 0.2) is 0 Å². The van der Waals surface area contributed by atoms with Gasteiger partial charge in [0.25, 0.3) is 5.69 Å². The molecule has 0 fully saturated rings. The van der Waals surface area contributed by atoms with Crippen molar-refractivity contribution >= 4 is 15.7 Å². The van der Waals surface area contributed by atoms with Crippen molar-refractivity contribution in [2.24, 2.45) is 0 Å². The third-order valence-electron chi connectivity index (χ3n) is 1.90. The first-order valence-electron chi connectivity index (χ1n) is 4.71. The average molecular weight is 244 g/mol. The molecule has 0 radical (unpaired) electrons. The Kier molecular flexibility index (Phi) is 3.97. The van der Waals surface area contributed by atoms with Crippen molar-refractivity contribution in [3.05, 3.63) is 34.4 Å². The van der Waals surface area contributed by atoms with Gasteiger partial charge in [0.2, 0.25) is 10.0 Å². The second-order valence-electron chi connectivity index (χ2n) is 3.15. The Balaban J connectivity index is 2.93. The summed E-state index contributed by atoms with van der Waals surface area (Å²) in [6, 6.07) is 4.77. The van der Waals surface area contributed by atoms with Crippen molar-refractivity contribution in [1.82, 2.24) is 4.72 Å². The minimum atomic E-state index is -3.54. The molecule has 0 atom stereocenters. The fraction of sp³-hybridized carbons (Fsp3) is 0.333. The van der Waals surface area contributed by atoms with E-state index in [9.17, 15) is 18.5 Å². The van der Waals surface area contributed by atoms with E-state index >= 15 is 0 Å². The van der Waals surface area contributed by atoms with Crippen molar-refractivity contribution in [3.63, 3.8) is 0 Å². The lowest BCUT2D eigenvalue weighted by atomic mass is 10.3. The number of sulfonamides is 1. The molecule has 0 spiro atoms. The van der Waals surface area contributed by atoms with Crippen LogP contribution in [-0.4, -0.2) is 19.9 Å². The van der Waals surface area contributed by atoms with Gasteiger partial charge < -0.3 is 0 Å². The Morgan fingerprint density at radius 2 is 1.88 bits per heavy atom. The Morgan fingerprint density at radius 1 is 1.31 bits per heavy atom. The van der Waals surface area contributed by atoms with Crippen molar-refractivity contribution in [2.75, 3.05) is 6.54 Å². The average Bonchev–Trinajstić information content (AvgIpc) is 2.26. The van der Waals surface area contributed by atoms with Gasteiger partial charge in [-0.15, -0.1) is 0 Å². The summed E-state index contributed by atoms with van der Waals surface area (Å²) in [5.41, 5.74) is -0.130. The number of benzene rings is 1. The first-order valence-corrected chi connectivity index (χ1v) is 6.20. The molecule has 88 valence electrons. The third-order valence-corrected chi connectivity index (χ3v) is 3.38. The summed E-state index contributed by atoms with van der Waals surface area (Å²) in [6.45, 7) is 2.19. The minimum absolute atomic E-state index is 0.0338. The van der Waals surface area contributed by atoms with Crippen LogP contribution in [0.5, 0.6) is 0 Å². The van der Waals surface area contributed by atoms with E-state index in [-0.39, 0.29) is 10.6 Å². The van der Waals surface area contributed by atoms with E-state index < -0.39 is 14.9 Å². The van der Waals surface area contributed by atoms with Crippen LogP contribution in [0.1, 0.15) is 13.3 Å². The van der Waals surface area contributed by atoms with Gasteiger partial charge in [0.05, 0.1) is 9.82 Å². The normalized spacial score (nSPS) is 11.3. The van der Waals surface area contributed by atoms with E-state index in [1.165, 1.54) is 24.3 Å². The second-order valence-corrected chi connectivity index (χ2v) is 4.92. The van der Waals surface area contributed by atoms with Gasteiger partial charge in [-0.05, 0) is 18.6 Å². The van der Waals surface area contributed by atoms with Gasteiger partial charge in [-0.25, -0.2) is 13.1 Å². The number of hydrogen-bond donors (Lipinski definition) is 1. The molecule has 16 heavy (non-hydrogen) atoms. The third kappa shape index (κ3) is 3.01. The molecule has 1 N–H and O–H groups in total. The molecule has 0 bridgehead atoms. The molecule has 0 aromatic heterocycles. The summed E-state index contributed by atoms with van der Waals surface area (Å²) in [7, 11) is -3.54. The zero-order valence-electron chi connectivity index (χ0n) is 8.71. The Labute approximate surface area is 93.5 Å². The fourth-order valence-corrected chi connectivity index (χ4v) is 2.20. The minimum Gasteiger partial charge on any atom is -0.258 e. The molecule has 1 rings (SSSR count). The van der Waals surface area contributed by atoms with Crippen LogP contribution in [-0.2, 0) is 10.0 Å². The number of nitrogens with one attached hydrogen (secondary N) is 1. The van der Waals surface area contributed by atoms with Crippen LogP contribution in [0.4, 0.5) is 5.69 Å². The predicted molar refractivity (Wildman–Crippen MR) is 58.6 cm³/mol. The number of nitrogens with zero attached hydrogens (tertiary/aromatic N) is 1. The number of nitro benzene ring substituents is 1. The van der Waals surface area contributed by atoms with Crippen LogP contribution in [0.25, 0.3) is 0 Å². The Bertz CT molecular complexity index is 467. The standard InChI is InChI=1S/C9H12N2O4S/c1-2-7-10-16(14,15)9-5-3-8(4-6-9)11(12)13/h3-6,10H,2,7H2,1H3. The lowest BCUT2D eigenvalue weighted by Gasteiger charge is -2.04. The molecule has 0 aliphatic heterocycles. The highest BCUT2D eigenvalue weighted by atomic mass is 32.2. The highest BCUT2D eigenvalue weighted by molar-refractivity contribution is 7.89. The van der Waals surface area contributed by atoms with E-state index in [4.69, 9.17) is 0 Å². The molecule has 0 saturated carbocycles. The van der Waals surface area contributed by atoms with Crippen LogP contribution < -0.4 is 4.72 Å². The smallest absolute Gasteiger partial charge is 0.258 e. The maximum absolute atomic E-state index is 11.6. The number of hydrogen-bond acceptors (Lipinski definition) is 4. The molecule has 1 aromatic rings. The van der Waals surface area contributed by atoms with Crippen LogP contribution in [0.15, 0.2) is 29.2 Å². The maximum Gasteiger partial charge on any atom is 0.269 e. The highest BCUT2D eigenvalue weighted by Crippen LogP contribution is 2.15. The van der Waals surface area contributed by atoms with Crippen LogP contribution in [0.3, 0.4) is 0 Å². The van der Waals surface area contributed by atoms with Crippen molar-refractivity contribution < 1.29 is 13.3 Å². The van der Waals surface area contributed by atoms with Gasteiger partial charge in [-0.3, -0.25) is 10.1 Å².